The Kier molecular flexibility index (Phi) is 3.12. The van der Waals surface area contributed by atoms with Gasteiger partial charge in [-0.3, -0.25) is 0 Å². The molecule has 0 amide bonds. The maximum absolute atomic E-state index is 6.01. The topological polar surface area (TPSA) is 62.3 Å². The van der Waals surface area contributed by atoms with E-state index in [4.69, 9.17) is 26.8 Å². The van der Waals surface area contributed by atoms with Gasteiger partial charge in [-0.1, -0.05) is 11.6 Å². The van der Waals surface area contributed by atoms with Crippen molar-refractivity contribution in [2.45, 2.75) is 18.6 Å². The first-order valence-electron chi connectivity index (χ1n) is 6.18. The number of rotatable bonds is 3. The smallest absolute Gasteiger partial charge is 0.201 e. The van der Waals surface area contributed by atoms with Crippen molar-refractivity contribution in [1.29, 1.82) is 0 Å². The molecular formula is C13H16ClN3O2. The molecule has 2 N–H and O–H groups in total. The van der Waals surface area contributed by atoms with Crippen LogP contribution in [0.1, 0.15) is 6.42 Å². The Morgan fingerprint density at radius 2 is 2.42 bits per heavy atom. The molecule has 1 aromatic heterocycles. The van der Waals surface area contributed by atoms with Gasteiger partial charge in [0.1, 0.15) is 5.60 Å². The molecule has 2 heterocycles. The van der Waals surface area contributed by atoms with Crippen LogP contribution < -0.4 is 5.73 Å². The van der Waals surface area contributed by atoms with Crippen LogP contribution in [0.3, 0.4) is 0 Å². The molecule has 1 saturated heterocycles. The number of aromatic nitrogens is 2. The number of nitrogen functional groups attached to an aromatic ring is 1. The number of nitrogens with two attached hydrogens (primary N) is 1. The van der Waals surface area contributed by atoms with E-state index in [0.717, 1.165) is 17.5 Å². The standard InChI is InChI=1S/C13H16ClN3O2/c1-18-13(4-5-19-8-13)7-17-11-3-2-9(14)6-10(11)16-12(17)15/h2-3,6H,4-5,7-8H2,1H3,(H2,15,16). The highest BCUT2D eigenvalue weighted by Gasteiger charge is 2.36. The Morgan fingerprint density at radius 1 is 1.58 bits per heavy atom. The molecular weight excluding hydrogens is 266 g/mol. The van der Waals surface area contributed by atoms with Gasteiger partial charge in [-0.2, -0.15) is 0 Å². The zero-order chi connectivity index (χ0) is 13.5. The summed E-state index contributed by atoms with van der Waals surface area (Å²) in [6, 6.07) is 5.58. The summed E-state index contributed by atoms with van der Waals surface area (Å²) < 4.78 is 13.1. The molecule has 6 heteroatoms. The summed E-state index contributed by atoms with van der Waals surface area (Å²) >= 11 is 5.97. The second-order valence-corrected chi connectivity index (χ2v) is 5.32. The number of anilines is 1. The van der Waals surface area contributed by atoms with Gasteiger partial charge in [-0.15, -0.1) is 0 Å². The van der Waals surface area contributed by atoms with Gasteiger partial charge in [-0.25, -0.2) is 4.98 Å². The van der Waals surface area contributed by atoms with Crippen molar-refractivity contribution < 1.29 is 9.47 Å². The average molecular weight is 282 g/mol. The van der Waals surface area contributed by atoms with E-state index >= 15 is 0 Å². The average Bonchev–Trinajstić information content (AvgIpc) is 2.96. The second-order valence-electron chi connectivity index (χ2n) is 4.88. The molecule has 19 heavy (non-hydrogen) atoms. The van der Waals surface area contributed by atoms with E-state index < -0.39 is 0 Å². The van der Waals surface area contributed by atoms with E-state index in [1.807, 2.05) is 22.8 Å². The summed E-state index contributed by atoms with van der Waals surface area (Å²) in [7, 11) is 1.71. The predicted octanol–water partition coefficient (Wildman–Crippen LogP) is 2.08. The lowest BCUT2D eigenvalue weighted by atomic mass is 10.0. The molecule has 1 aromatic carbocycles. The zero-order valence-electron chi connectivity index (χ0n) is 10.7. The number of ether oxygens (including phenoxy) is 2. The number of hydrogen-bond donors (Lipinski definition) is 1. The highest BCUT2D eigenvalue weighted by molar-refractivity contribution is 6.31. The van der Waals surface area contributed by atoms with E-state index in [0.29, 0.717) is 30.7 Å². The third kappa shape index (κ3) is 2.18. The molecule has 1 atom stereocenters. The lowest BCUT2D eigenvalue weighted by Crippen LogP contribution is -2.37. The van der Waals surface area contributed by atoms with Crippen LogP contribution in [0.2, 0.25) is 5.02 Å². The molecule has 1 unspecified atom stereocenters. The Morgan fingerprint density at radius 3 is 3.11 bits per heavy atom. The van der Waals surface area contributed by atoms with Crippen LogP contribution in [0.15, 0.2) is 18.2 Å². The fraction of sp³-hybridized carbons (Fsp3) is 0.462. The summed E-state index contributed by atoms with van der Waals surface area (Å²) in [6.45, 7) is 1.93. The summed E-state index contributed by atoms with van der Waals surface area (Å²) in [6.07, 6.45) is 0.857. The first kappa shape index (κ1) is 12.7. The van der Waals surface area contributed by atoms with Gasteiger partial charge in [-0.05, 0) is 18.2 Å². The summed E-state index contributed by atoms with van der Waals surface area (Å²) in [5.41, 5.74) is 7.45. The molecule has 1 fully saturated rings. The fourth-order valence-electron chi connectivity index (χ4n) is 2.51. The highest BCUT2D eigenvalue weighted by atomic mass is 35.5. The van der Waals surface area contributed by atoms with E-state index in [2.05, 4.69) is 4.98 Å². The largest absolute Gasteiger partial charge is 0.378 e. The van der Waals surface area contributed by atoms with Crippen molar-refractivity contribution in [3.8, 4) is 0 Å². The highest BCUT2D eigenvalue weighted by Crippen LogP contribution is 2.29. The molecule has 0 aliphatic carbocycles. The number of halogens is 1. The van der Waals surface area contributed by atoms with Crippen molar-refractivity contribution in [1.82, 2.24) is 9.55 Å². The molecule has 0 spiro atoms. The first-order valence-corrected chi connectivity index (χ1v) is 6.55. The monoisotopic (exact) mass is 281 g/mol. The number of nitrogens with zero attached hydrogens (tertiary/aromatic N) is 2. The van der Waals surface area contributed by atoms with Crippen LogP contribution in [0.25, 0.3) is 11.0 Å². The van der Waals surface area contributed by atoms with Crippen molar-refractivity contribution in [3.63, 3.8) is 0 Å². The number of benzene rings is 1. The Balaban J connectivity index is 2.02. The van der Waals surface area contributed by atoms with E-state index in [9.17, 15) is 0 Å². The molecule has 102 valence electrons. The van der Waals surface area contributed by atoms with Gasteiger partial charge in [0.05, 0.1) is 24.2 Å². The Labute approximate surface area is 116 Å². The quantitative estimate of drug-likeness (QED) is 0.936. The van der Waals surface area contributed by atoms with Crippen LogP contribution in [0.5, 0.6) is 0 Å². The lowest BCUT2D eigenvalue weighted by molar-refractivity contribution is -0.0283. The van der Waals surface area contributed by atoms with Crippen LogP contribution in [-0.4, -0.2) is 35.5 Å². The van der Waals surface area contributed by atoms with Crippen LogP contribution in [0, 0.1) is 0 Å². The number of imidazole rings is 1. The Bertz CT molecular complexity index is 605. The van der Waals surface area contributed by atoms with Gasteiger partial charge in [0.2, 0.25) is 5.95 Å². The predicted molar refractivity (Wildman–Crippen MR) is 74.3 cm³/mol. The van der Waals surface area contributed by atoms with Crippen molar-refractivity contribution in [3.05, 3.63) is 23.2 Å². The fourth-order valence-corrected chi connectivity index (χ4v) is 2.68. The summed E-state index contributed by atoms with van der Waals surface area (Å²) in [5, 5.41) is 0.655. The van der Waals surface area contributed by atoms with Gasteiger partial charge in [0, 0.05) is 25.2 Å². The minimum absolute atomic E-state index is 0.318. The van der Waals surface area contributed by atoms with E-state index in [1.54, 1.807) is 7.11 Å². The van der Waals surface area contributed by atoms with Crippen molar-refractivity contribution in [2.75, 3.05) is 26.1 Å². The van der Waals surface area contributed by atoms with Gasteiger partial charge >= 0.3 is 0 Å². The number of hydrogen-bond acceptors (Lipinski definition) is 4. The molecule has 3 rings (SSSR count). The number of methoxy groups -OCH3 is 1. The van der Waals surface area contributed by atoms with Crippen molar-refractivity contribution in [2.24, 2.45) is 0 Å². The van der Waals surface area contributed by atoms with Crippen LogP contribution >= 0.6 is 11.6 Å². The van der Waals surface area contributed by atoms with Gasteiger partial charge in [0.15, 0.2) is 0 Å². The van der Waals surface area contributed by atoms with Crippen LogP contribution in [-0.2, 0) is 16.0 Å². The molecule has 1 aliphatic heterocycles. The first-order chi connectivity index (χ1) is 9.13. The van der Waals surface area contributed by atoms with E-state index in [1.165, 1.54) is 0 Å². The zero-order valence-corrected chi connectivity index (χ0v) is 11.5. The van der Waals surface area contributed by atoms with Crippen LogP contribution in [0.4, 0.5) is 5.95 Å². The summed E-state index contributed by atoms with van der Waals surface area (Å²) in [4.78, 5) is 4.34. The normalized spacial score (nSPS) is 23.3. The summed E-state index contributed by atoms with van der Waals surface area (Å²) in [5.74, 6) is 0.473. The van der Waals surface area contributed by atoms with Crippen molar-refractivity contribution >= 4 is 28.6 Å². The molecule has 0 radical (unpaired) electrons. The maximum atomic E-state index is 6.01. The van der Waals surface area contributed by atoms with Gasteiger partial charge in [0.25, 0.3) is 0 Å². The maximum Gasteiger partial charge on any atom is 0.201 e. The van der Waals surface area contributed by atoms with E-state index in [-0.39, 0.29) is 5.60 Å². The lowest BCUT2D eigenvalue weighted by Gasteiger charge is -2.26. The second kappa shape index (κ2) is 4.67. The molecule has 2 aromatic rings. The SMILES string of the molecule is COC1(Cn2c(N)nc3cc(Cl)ccc32)CCOC1. The number of fused-ring (bicyclic) bond motifs is 1. The molecule has 5 nitrogen and oxygen atoms in total. The molecule has 1 aliphatic rings. The third-order valence-electron chi connectivity index (χ3n) is 3.69. The minimum atomic E-state index is -0.318. The minimum Gasteiger partial charge on any atom is -0.378 e. The molecule has 0 bridgehead atoms. The van der Waals surface area contributed by atoms with Gasteiger partial charge < -0.3 is 19.8 Å². The third-order valence-corrected chi connectivity index (χ3v) is 3.92. The Hall–Kier alpha value is -1.30. The molecule has 0 saturated carbocycles.